The van der Waals surface area contributed by atoms with E-state index in [0.29, 0.717) is 5.56 Å². The molecule has 0 heterocycles. The maximum Gasteiger partial charge on any atom is 0.330 e. The van der Waals surface area contributed by atoms with Crippen LogP contribution in [0.5, 0.6) is 0 Å². The van der Waals surface area contributed by atoms with Gasteiger partial charge in [-0.15, -0.1) is 0 Å². The van der Waals surface area contributed by atoms with E-state index in [2.05, 4.69) is 5.32 Å². The molecule has 2 N–H and O–H groups in total. The highest BCUT2D eigenvalue weighted by Gasteiger charge is 2.20. The van der Waals surface area contributed by atoms with Gasteiger partial charge in [-0.05, 0) is 17.5 Å². The summed E-state index contributed by atoms with van der Waals surface area (Å²) in [5.74, 6) is -1.31. The number of aliphatic carboxylic acids is 1. The highest BCUT2D eigenvalue weighted by atomic mass is 16.4. The Labute approximate surface area is 101 Å². The molecule has 0 aliphatic rings. The third-order valence-corrected chi connectivity index (χ3v) is 2.59. The van der Waals surface area contributed by atoms with E-state index in [1.807, 2.05) is 19.1 Å². The fourth-order valence-corrected chi connectivity index (χ4v) is 1.50. The molecule has 1 rings (SSSR count). The van der Waals surface area contributed by atoms with Crippen LogP contribution in [-0.4, -0.2) is 17.0 Å². The number of rotatable bonds is 5. The van der Waals surface area contributed by atoms with Gasteiger partial charge < -0.3 is 10.4 Å². The zero-order valence-electron chi connectivity index (χ0n) is 10.1. The molecule has 0 radical (unpaired) electrons. The van der Waals surface area contributed by atoms with Crippen molar-refractivity contribution >= 4 is 11.9 Å². The molecule has 0 aliphatic carbocycles. The Hall–Kier alpha value is -1.84. The molecule has 17 heavy (non-hydrogen) atoms. The Bertz CT molecular complexity index is 398. The smallest absolute Gasteiger partial charge is 0.330 e. The zero-order chi connectivity index (χ0) is 12.8. The molecule has 1 unspecified atom stereocenters. The molecule has 0 fully saturated rings. The van der Waals surface area contributed by atoms with E-state index in [-0.39, 0.29) is 12.3 Å². The van der Waals surface area contributed by atoms with Crippen molar-refractivity contribution in [3.63, 3.8) is 0 Å². The van der Waals surface area contributed by atoms with E-state index in [0.717, 1.165) is 12.0 Å². The van der Waals surface area contributed by atoms with Crippen molar-refractivity contribution in [2.45, 2.75) is 32.7 Å². The van der Waals surface area contributed by atoms with Crippen molar-refractivity contribution in [3.05, 3.63) is 35.4 Å². The summed E-state index contributed by atoms with van der Waals surface area (Å²) in [4.78, 5) is 22.3. The minimum atomic E-state index is -1.05. The van der Waals surface area contributed by atoms with E-state index in [1.54, 1.807) is 19.1 Å². The van der Waals surface area contributed by atoms with Crippen LogP contribution in [0.3, 0.4) is 0 Å². The van der Waals surface area contributed by atoms with Crippen molar-refractivity contribution in [3.8, 4) is 0 Å². The monoisotopic (exact) mass is 235 g/mol. The first kappa shape index (κ1) is 13.2. The predicted octanol–water partition coefficient (Wildman–Crippen LogP) is 1.90. The van der Waals surface area contributed by atoms with Gasteiger partial charge in [-0.2, -0.15) is 0 Å². The second-order valence-corrected chi connectivity index (χ2v) is 3.79. The minimum Gasteiger partial charge on any atom is -0.479 e. The van der Waals surface area contributed by atoms with Crippen molar-refractivity contribution in [1.29, 1.82) is 0 Å². The maximum absolute atomic E-state index is 11.2. The summed E-state index contributed by atoms with van der Waals surface area (Å²) in [5.41, 5.74) is 1.73. The van der Waals surface area contributed by atoms with Gasteiger partial charge in [0.25, 0.3) is 0 Å². The van der Waals surface area contributed by atoms with Crippen molar-refractivity contribution in [1.82, 2.24) is 5.32 Å². The minimum absolute atomic E-state index is 0.267. The maximum atomic E-state index is 11.2. The number of carbonyl (C=O) groups excluding carboxylic acids is 1. The van der Waals surface area contributed by atoms with Crippen LogP contribution in [0.15, 0.2) is 24.3 Å². The SMILES string of the molecule is CCC(=O)NC(C(=O)O)c1ccc(CC)cc1. The lowest BCUT2D eigenvalue weighted by Gasteiger charge is -2.14. The first-order valence-electron chi connectivity index (χ1n) is 5.69. The summed E-state index contributed by atoms with van der Waals surface area (Å²) < 4.78 is 0. The fraction of sp³-hybridized carbons (Fsp3) is 0.385. The van der Waals surface area contributed by atoms with Gasteiger partial charge in [0.15, 0.2) is 6.04 Å². The van der Waals surface area contributed by atoms with E-state index in [9.17, 15) is 9.59 Å². The number of hydrogen-bond acceptors (Lipinski definition) is 2. The Morgan fingerprint density at radius 3 is 2.24 bits per heavy atom. The number of benzene rings is 1. The summed E-state index contributed by atoms with van der Waals surface area (Å²) in [6.07, 6.45) is 1.18. The van der Waals surface area contributed by atoms with Gasteiger partial charge >= 0.3 is 5.97 Å². The van der Waals surface area contributed by atoms with E-state index in [1.165, 1.54) is 0 Å². The van der Waals surface area contributed by atoms with Crippen LogP contribution in [0.1, 0.15) is 37.4 Å². The molecule has 0 aliphatic heterocycles. The quantitative estimate of drug-likeness (QED) is 0.819. The fourth-order valence-electron chi connectivity index (χ4n) is 1.50. The predicted molar refractivity (Wildman–Crippen MR) is 64.6 cm³/mol. The number of amides is 1. The molecule has 92 valence electrons. The van der Waals surface area contributed by atoms with Gasteiger partial charge in [0.2, 0.25) is 5.91 Å². The van der Waals surface area contributed by atoms with Crippen LogP contribution in [0.2, 0.25) is 0 Å². The Morgan fingerprint density at radius 2 is 1.82 bits per heavy atom. The molecule has 4 heteroatoms. The summed E-state index contributed by atoms with van der Waals surface area (Å²) in [5, 5.41) is 11.6. The lowest BCUT2D eigenvalue weighted by atomic mass is 10.0. The summed E-state index contributed by atoms with van der Waals surface area (Å²) >= 11 is 0. The third-order valence-electron chi connectivity index (χ3n) is 2.59. The van der Waals surface area contributed by atoms with Crippen LogP contribution in [0.4, 0.5) is 0 Å². The molecular weight excluding hydrogens is 218 g/mol. The third kappa shape index (κ3) is 3.59. The Balaban J connectivity index is 2.89. The molecule has 0 saturated carbocycles. The molecule has 1 amide bonds. The number of carboxylic acid groups (broad SMARTS) is 1. The second-order valence-electron chi connectivity index (χ2n) is 3.79. The number of carboxylic acids is 1. The molecule has 1 aromatic carbocycles. The number of nitrogens with one attached hydrogen (secondary N) is 1. The molecular formula is C13H17NO3. The molecule has 0 aromatic heterocycles. The van der Waals surface area contributed by atoms with Crippen molar-refractivity contribution < 1.29 is 14.7 Å². The molecule has 0 spiro atoms. The van der Waals surface area contributed by atoms with Crippen molar-refractivity contribution in [2.24, 2.45) is 0 Å². The summed E-state index contributed by atoms with van der Waals surface area (Å²) in [7, 11) is 0. The van der Waals surface area contributed by atoms with E-state index >= 15 is 0 Å². The van der Waals surface area contributed by atoms with Gasteiger partial charge in [0.1, 0.15) is 0 Å². The van der Waals surface area contributed by atoms with Crippen LogP contribution in [0.25, 0.3) is 0 Å². The topological polar surface area (TPSA) is 66.4 Å². The largest absolute Gasteiger partial charge is 0.479 e. The average molecular weight is 235 g/mol. The van der Waals surface area contributed by atoms with Crippen LogP contribution >= 0.6 is 0 Å². The highest BCUT2D eigenvalue weighted by molar-refractivity contribution is 5.84. The second kappa shape index (κ2) is 6.03. The summed E-state index contributed by atoms with van der Waals surface area (Å²) in [6, 6.07) is 6.28. The number of carbonyl (C=O) groups is 2. The number of hydrogen-bond donors (Lipinski definition) is 2. The van der Waals surface area contributed by atoms with Gasteiger partial charge in [-0.3, -0.25) is 4.79 Å². The lowest BCUT2D eigenvalue weighted by molar-refractivity contribution is -0.142. The first-order valence-corrected chi connectivity index (χ1v) is 5.69. The molecule has 1 atom stereocenters. The van der Waals surface area contributed by atoms with Crippen LogP contribution < -0.4 is 5.32 Å². The number of aryl methyl sites for hydroxylation is 1. The van der Waals surface area contributed by atoms with Gasteiger partial charge in [-0.1, -0.05) is 38.1 Å². The van der Waals surface area contributed by atoms with Crippen LogP contribution in [-0.2, 0) is 16.0 Å². The lowest BCUT2D eigenvalue weighted by Crippen LogP contribution is -2.33. The van der Waals surface area contributed by atoms with Crippen molar-refractivity contribution in [2.75, 3.05) is 0 Å². The molecule has 0 saturated heterocycles. The van der Waals surface area contributed by atoms with E-state index < -0.39 is 12.0 Å². The van der Waals surface area contributed by atoms with Crippen LogP contribution in [0, 0.1) is 0 Å². The standard InChI is InChI=1S/C13H17NO3/c1-3-9-5-7-10(8-6-9)12(13(16)17)14-11(15)4-2/h5-8,12H,3-4H2,1-2H3,(H,14,15)(H,16,17). The summed E-state index contributed by atoms with van der Waals surface area (Å²) in [6.45, 7) is 3.72. The zero-order valence-corrected chi connectivity index (χ0v) is 10.1. The first-order chi connectivity index (χ1) is 8.08. The van der Waals surface area contributed by atoms with Gasteiger partial charge in [-0.25, -0.2) is 4.79 Å². The Kier molecular flexibility index (Phi) is 4.69. The van der Waals surface area contributed by atoms with E-state index in [4.69, 9.17) is 5.11 Å². The molecule has 4 nitrogen and oxygen atoms in total. The molecule has 0 bridgehead atoms. The average Bonchev–Trinajstić information content (AvgIpc) is 2.35. The van der Waals surface area contributed by atoms with Gasteiger partial charge in [0, 0.05) is 6.42 Å². The normalized spacial score (nSPS) is 11.9. The van der Waals surface area contributed by atoms with Gasteiger partial charge in [0.05, 0.1) is 0 Å². The molecule has 1 aromatic rings. The Morgan fingerprint density at radius 1 is 1.24 bits per heavy atom. The highest BCUT2D eigenvalue weighted by Crippen LogP contribution is 2.15.